The summed E-state index contributed by atoms with van der Waals surface area (Å²) < 4.78 is 6.32. The first kappa shape index (κ1) is 14.7. The van der Waals surface area contributed by atoms with Gasteiger partial charge in [0.15, 0.2) is 0 Å². The van der Waals surface area contributed by atoms with Gasteiger partial charge in [-0.05, 0) is 30.0 Å². The molecule has 3 heteroatoms. The van der Waals surface area contributed by atoms with Crippen molar-refractivity contribution in [2.24, 2.45) is 0 Å². The largest absolute Gasteiger partial charge is 0.385 e. The van der Waals surface area contributed by atoms with Crippen LogP contribution in [0.1, 0.15) is 31.7 Å². The zero-order valence-corrected chi connectivity index (χ0v) is 12.5. The molecule has 0 radical (unpaired) electrons. The summed E-state index contributed by atoms with van der Waals surface area (Å²) in [6.07, 6.45) is 1.05. The smallest absolute Gasteiger partial charge is 0.0468 e. The molecule has 1 aromatic rings. The van der Waals surface area contributed by atoms with Crippen LogP contribution in [-0.2, 0) is 4.74 Å². The van der Waals surface area contributed by atoms with Gasteiger partial charge < -0.3 is 10.1 Å². The fraction of sp³-hybridized carbons (Fsp3) is 0.571. The maximum absolute atomic E-state index is 5.19. The molecule has 0 aliphatic heterocycles. The first-order valence-electron chi connectivity index (χ1n) is 6.11. The SMILES string of the molecule is COCCC(CNC(C)C)c1ccc(Br)cc1. The molecule has 17 heavy (non-hydrogen) atoms. The first-order valence-corrected chi connectivity index (χ1v) is 6.90. The number of hydrogen-bond acceptors (Lipinski definition) is 2. The van der Waals surface area contributed by atoms with Crippen LogP contribution >= 0.6 is 15.9 Å². The topological polar surface area (TPSA) is 21.3 Å². The Morgan fingerprint density at radius 3 is 2.41 bits per heavy atom. The molecule has 0 saturated heterocycles. The van der Waals surface area contributed by atoms with Gasteiger partial charge in [-0.1, -0.05) is 41.9 Å². The van der Waals surface area contributed by atoms with Crippen LogP contribution in [0, 0.1) is 0 Å². The summed E-state index contributed by atoms with van der Waals surface area (Å²) in [4.78, 5) is 0. The molecule has 1 unspecified atom stereocenters. The lowest BCUT2D eigenvalue weighted by Crippen LogP contribution is -2.28. The van der Waals surface area contributed by atoms with Crippen molar-refractivity contribution in [3.63, 3.8) is 0 Å². The average Bonchev–Trinajstić information content (AvgIpc) is 2.30. The van der Waals surface area contributed by atoms with Crippen LogP contribution in [0.4, 0.5) is 0 Å². The molecule has 96 valence electrons. The van der Waals surface area contributed by atoms with Crippen LogP contribution in [-0.4, -0.2) is 26.3 Å². The van der Waals surface area contributed by atoms with E-state index in [0.29, 0.717) is 12.0 Å². The Hall–Kier alpha value is -0.380. The van der Waals surface area contributed by atoms with Gasteiger partial charge in [-0.25, -0.2) is 0 Å². The molecule has 0 spiro atoms. The van der Waals surface area contributed by atoms with Gasteiger partial charge in [0.05, 0.1) is 0 Å². The van der Waals surface area contributed by atoms with Crippen molar-refractivity contribution in [1.29, 1.82) is 0 Å². The van der Waals surface area contributed by atoms with Crippen molar-refractivity contribution in [2.45, 2.75) is 32.2 Å². The third kappa shape index (κ3) is 5.66. The van der Waals surface area contributed by atoms with Crippen molar-refractivity contribution in [1.82, 2.24) is 5.32 Å². The van der Waals surface area contributed by atoms with E-state index in [4.69, 9.17) is 4.74 Å². The minimum Gasteiger partial charge on any atom is -0.385 e. The van der Waals surface area contributed by atoms with Crippen LogP contribution < -0.4 is 5.32 Å². The summed E-state index contributed by atoms with van der Waals surface area (Å²) in [5.41, 5.74) is 1.37. The summed E-state index contributed by atoms with van der Waals surface area (Å²) >= 11 is 3.47. The van der Waals surface area contributed by atoms with E-state index < -0.39 is 0 Å². The van der Waals surface area contributed by atoms with Crippen LogP contribution in [0.3, 0.4) is 0 Å². The highest BCUT2D eigenvalue weighted by molar-refractivity contribution is 9.10. The molecule has 0 bridgehead atoms. The van der Waals surface area contributed by atoms with E-state index in [9.17, 15) is 0 Å². The standard InChI is InChI=1S/C14H22BrNO/c1-11(2)16-10-13(8-9-17-3)12-4-6-14(15)7-5-12/h4-7,11,13,16H,8-10H2,1-3H3. The summed E-state index contributed by atoms with van der Waals surface area (Å²) in [5.74, 6) is 0.519. The van der Waals surface area contributed by atoms with Crippen LogP contribution in [0.15, 0.2) is 28.7 Å². The molecule has 0 aliphatic carbocycles. The molecule has 0 amide bonds. The lowest BCUT2D eigenvalue weighted by molar-refractivity contribution is 0.186. The zero-order chi connectivity index (χ0) is 12.7. The molecule has 0 aromatic heterocycles. The Morgan fingerprint density at radius 2 is 1.88 bits per heavy atom. The Labute approximate surface area is 113 Å². The van der Waals surface area contributed by atoms with Crippen molar-refractivity contribution >= 4 is 15.9 Å². The lowest BCUT2D eigenvalue weighted by Gasteiger charge is -2.19. The molecule has 1 N–H and O–H groups in total. The summed E-state index contributed by atoms with van der Waals surface area (Å²) in [6, 6.07) is 9.10. The van der Waals surface area contributed by atoms with Crippen LogP contribution in [0.5, 0.6) is 0 Å². The summed E-state index contributed by atoms with van der Waals surface area (Å²) in [6.45, 7) is 6.16. The van der Waals surface area contributed by atoms with Crippen molar-refractivity contribution in [2.75, 3.05) is 20.3 Å². The zero-order valence-electron chi connectivity index (χ0n) is 10.9. The fourth-order valence-electron chi connectivity index (χ4n) is 1.76. The van der Waals surface area contributed by atoms with Gasteiger partial charge in [0.1, 0.15) is 0 Å². The highest BCUT2D eigenvalue weighted by Gasteiger charge is 2.11. The van der Waals surface area contributed by atoms with Crippen molar-refractivity contribution in [3.05, 3.63) is 34.3 Å². The molecular formula is C14H22BrNO. The monoisotopic (exact) mass is 299 g/mol. The lowest BCUT2D eigenvalue weighted by atomic mass is 9.96. The Morgan fingerprint density at radius 1 is 1.24 bits per heavy atom. The maximum atomic E-state index is 5.19. The molecule has 1 atom stereocenters. The van der Waals surface area contributed by atoms with Gasteiger partial charge in [-0.15, -0.1) is 0 Å². The number of rotatable bonds is 7. The molecule has 2 nitrogen and oxygen atoms in total. The maximum Gasteiger partial charge on any atom is 0.0468 e. The predicted octanol–water partition coefficient (Wildman–Crippen LogP) is 3.57. The Kier molecular flexibility index (Phi) is 6.78. The number of ether oxygens (including phenoxy) is 1. The second-order valence-electron chi connectivity index (χ2n) is 4.59. The van der Waals surface area contributed by atoms with Crippen molar-refractivity contribution in [3.8, 4) is 0 Å². The van der Waals surface area contributed by atoms with Crippen molar-refractivity contribution < 1.29 is 4.74 Å². The number of hydrogen-bond donors (Lipinski definition) is 1. The molecule has 0 aliphatic rings. The first-order chi connectivity index (χ1) is 8.13. The highest BCUT2D eigenvalue weighted by Crippen LogP contribution is 2.21. The summed E-state index contributed by atoms with van der Waals surface area (Å²) in [7, 11) is 1.76. The molecule has 0 heterocycles. The highest BCUT2D eigenvalue weighted by atomic mass is 79.9. The predicted molar refractivity (Wildman–Crippen MR) is 76.5 cm³/mol. The van der Waals surface area contributed by atoms with Crippen LogP contribution in [0.25, 0.3) is 0 Å². The Bertz CT molecular complexity index is 311. The average molecular weight is 300 g/mol. The van der Waals surface area contributed by atoms with Gasteiger partial charge in [0.2, 0.25) is 0 Å². The molecule has 1 rings (SSSR count). The number of benzene rings is 1. The van der Waals surface area contributed by atoms with Crippen LogP contribution in [0.2, 0.25) is 0 Å². The minimum atomic E-state index is 0.519. The van der Waals surface area contributed by atoms with E-state index in [1.807, 2.05) is 0 Å². The molecule has 0 saturated carbocycles. The van der Waals surface area contributed by atoms with Gasteiger partial charge >= 0.3 is 0 Å². The van der Waals surface area contributed by atoms with Gasteiger partial charge in [0, 0.05) is 30.8 Å². The molecule has 1 aromatic carbocycles. The van der Waals surface area contributed by atoms with E-state index in [0.717, 1.165) is 24.0 Å². The summed E-state index contributed by atoms with van der Waals surface area (Å²) in [5, 5.41) is 3.50. The third-order valence-electron chi connectivity index (χ3n) is 2.78. The van der Waals surface area contributed by atoms with Gasteiger partial charge in [-0.2, -0.15) is 0 Å². The van der Waals surface area contributed by atoms with Gasteiger partial charge in [-0.3, -0.25) is 0 Å². The third-order valence-corrected chi connectivity index (χ3v) is 3.31. The van der Waals surface area contributed by atoms with E-state index >= 15 is 0 Å². The number of halogens is 1. The van der Waals surface area contributed by atoms with E-state index in [1.165, 1.54) is 5.56 Å². The van der Waals surface area contributed by atoms with E-state index in [-0.39, 0.29) is 0 Å². The fourth-order valence-corrected chi connectivity index (χ4v) is 2.02. The molecule has 0 fully saturated rings. The second-order valence-corrected chi connectivity index (χ2v) is 5.51. The number of methoxy groups -OCH3 is 1. The van der Waals surface area contributed by atoms with Gasteiger partial charge in [0.25, 0.3) is 0 Å². The molecular weight excluding hydrogens is 278 g/mol. The minimum absolute atomic E-state index is 0.519. The quantitative estimate of drug-likeness (QED) is 0.831. The second kappa shape index (κ2) is 7.85. The van der Waals surface area contributed by atoms with E-state index in [1.54, 1.807) is 7.11 Å². The Balaban J connectivity index is 2.63. The van der Waals surface area contributed by atoms with E-state index in [2.05, 4.69) is 59.4 Å². The number of nitrogens with one attached hydrogen (secondary N) is 1. The normalized spacial score (nSPS) is 13.0.